The summed E-state index contributed by atoms with van der Waals surface area (Å²) in [7, 11) is 0. The molecule has 8 heteroatoms. The molecule has 1 aromatic heterocycles. The van der Waals surface area contributed by atoms with Crippen LogP contribution >= 0.6 is 0 Å². The molecule has 0 aromatic carbocycles. The highest BCUT2D eigenvalue weighted by molar-refractivity contribution is 5.76. The van der Waals surface area contributed by atoms with Crippen molar-refractivity contribution in [3.63, 3.8) is 0 Å². The lowest BCUT2D eigenvalue weighted by molar-refractivity contribution is -0.122. The molecule has 138 valence electrons. The first kappa shape index (κ1) is 17.8. The minimum absolute atomic E-state index is 0.0552. The van der Waals surface area contributed by atoms with E-state index < -0.39 is 35.7 Å². The molecule has 2 fully saturated rings. The Bertz CT molecular complexity index is 728. The van der Waals surface area contributed by atoms with Gasteiger partial charge in [0.15, 0.2) is 0 Å². The number of nitrogens with zero attached hydrogens (tertiary/aromatic N) is 2. The molecule has 1 amide bonds. The van der Waals surface area contributed by atoms with Crippen molar-refractivity contribution in [2.24, 2.45) is 0 Å². The van der Waals surface area contributed by atoms with E-state index in [1.165, 1.54) is 0 Å². The van der Waals surface area contributed by atoms with E-state index in [4.69, 9.17) is 4.74 Å². The van der Waals surface area contributed by atoms with Gasteiger partial charge in [0.05, 0.1) is 6.20 Å². The summed E-state index contributed by atoms with van der Waals surface area (Å²) in [5.74, 6) is -1.49. The van der Waals surface area contributed by atoms with Crippen LogP contribution in [0.2, 0.25) is 0 Å². The molecule has 0 bridgehead atoms. The molecule has 1 aliphatic heterocycles. The van der Waals surface area contributed by atoms with Gasteiger partial charge in [0.25, 0.3) is 5.56 Å². The summed E-state index contributed by atoms with van der Waals surface area (Å²) in [4.78, 5) is 36.8. The van der Waals surface area contributed by atoms with Crippen molar-refractivity contribution < 1.29 is 13.9 Å². The van der Waals surface area contributed by atoms with Gasteiger partial charge >= 0.3 is 5.69 Å². The Morgan fingerprint density at radius 1 is 1.16 bits per heavy atom. The minimum Gasteiger partial charge on any atom is -0.358 e. The van der Waals surface area contributed by atoms with Gasteiger partial charge in [-0.15, -0.1) is 0 Å². The average molecular weight is 353 g/mol. The number of hydrogen-bond donors (Lipinski definition) is 1. The molecule has 0 unspecified atom stereocenters. The predicted octanol–water partition coefficient (Wildman–Crippen LogP) is 1.30. The Morgan fingerprint density at radius 2 is 1.88 bits per heavy atom. The maximum Gasteiger partial charge on any atom is 0.333 e. The highest BCUT2D eigenvalue weighted by atomic mass is 19.1. The highest BCUT2D eigenvalue weighted by Crippen LogP contribution is 2.20. The molecule has 2 aliphatic rings. The van der Waals surface area contributed by atoms with E-state index in [-0.39, 0.29) is 6.04 Å². The second kappa shape index (κ2) is 7.95. The van der Waals surface area contributed by atoms with Crippen molar-refractivity contribution in [2.75, 3.05) is 6.61 Å². The van der Waals surface area contributed by atoms with E-state index >= 15 is 0 Å². The van der Waals surface area contributed by atoms with Crippen LogP contribution in [0, 0.1) is 5.82 Å². The molecule has 3 rings (SSSR count). The summed E-state index contributed by atoms with van der Waals surface area (Å²) in [6.45, 7) is 0.0126. The molecule has 1 saturated carbocycles. The number of nitrogens with one attached hydrogen (secondary N) is 1. The standard InChI is InChI=1S/C17H24FN3O4/c18-13-10-20(15-8-5-9-25-15)17(24)21(16(13)23)11-14(22)19-12-6-3-1-2-4-7-12/h10,12,15H,1-9,11H2,(H,19,22)/t15-/m0/s1. The monoisotopic (exact) mass is 353 g/mol. The van der Waals surface area contributed by atoms with Crippen LogP contribution in [-0.2, 0) is 16.1 Å². The van der Waals surface area contributed by atoms with E-state index in [2.05, 4.69) is 5.32 Å². The van der Waals surface area contributed by atoms with Gasteiger partial charge in [-0.2, -0.15) is 4.39 Å². The Kier molecular flexibility index (Phi) is 5.67. The number of hydrogen-bond acceptors (Lipinski definition) is 4. The molecule has 1 aliphatic carbocycles. The normalized spacial score (nSPS) is 21.9. The van der Waals surface area contributed by atoms with Gasteiger partial charge in [0, 0.05) is 12.6 Å². The highest BCUT2D eigenvalue weighted by Gasteiger charge is 2.23. The van der Waals surface area contributed by atoms with Crippen LogP contribution < -0.4 is 16.6 Å². The molecule has 1 aromatic rings. The van der Waals surface area contributed by atoms with Gasteiger partial charge in [-0.05, 0) is 25.7 Å². The third kappa shape index (κ3) is 4.18. The van der Waals surface area contributed by atoms with Crippen molar-refractivity contribution in [1.82, 2.24) is 14.5 Å². The number of carbonyl (C=O) groups is 1. The van der Waals surface area contributed by atoms with Crippen LogP contribution in [0.4, 0.5) is 4.39 Å². The van der Waals surface area contributed by atoms with E-state index in [1.807, 2.05) is 0 Å². The number of amides is 1. The average Bonchev–Trinajstić information content (AvgIpc) is 3.00. The van der Waals surface area contributed by atoms with Crippen LogP contribution in [0.25, 0.3) is 0 Å². The second-order valence-electron chi connectivity index (χ2n) is 6.78. The van der Waals surface area contributed by atoms with Crippen LogP contribution in [0.15, 0.2) is 15.8 Å². The molecular formula is C17H24FN3O4. The Balaban J connectivity index is 1.77. The number of halogens is 1. The summed E-state index contributed by atoms with van der Waals surface area (Å²) in [6, 6.07) is 0.0552. The van der Waals surface area contributed by atoms with E-state index in [0.29, 0.717) is 17.6 Å². The fourth-order valence-corrected chi connectivity index (χ4v) is 3.55. The Morgan fingerprint density at radius 3 is 2.52 bits per heavy atom. The fourth-order valence-electron chi connectivity index (χ4n) is 3.55. The topological polar surface area (TPSA) is 82.3 Å². The maximum absolute atomic E-state index is 14.0. The van der Waals surface area contributed by atoms with Crippen molar-refractivity contribution >= 4 is 5.91 Å². The Hall–Kier alpha value is -1.96. The smallest absolute Gasteiger partial charge is 0.333 e. The molecule has 1 saturated heterocycles. The van der Waals surface area contributed by atoms with Gasteiger partial charge in [-0.1, -0.05) is 25.7 Å². The molecule has 2 heterocycles. The molecule has 7 nitrogen and oxygen atoms in total. The van der Waals surface area contributed by atoms with E-state index in [9.17, 15) is 18.8 Å². The summed E-state index contributed by atoms with van der Waals surface area (Å²) >= 11 is 0. The zero-order valence-corrected chi connectivity index (χ0v) is 14.2. The first-order valence-electron chi connectivity index (χ1n) is 8.98. The van der Waals surface area contributed by atoms with E-state index in [0.717, 1.165) is 55.7 Å². The van der Waals surface area contributed by atoms with E-state index in [1.54, 1.807) is 0 Å². The van der Waals surface area contributed by atoms with Crippen molar-refractivity contribution in [3.8, 4) is 0 Å². The maximum atomic E-state index is 14.0. The number of ether oxygens (including phenoxy) is 1. The Labute approximate surface area is 144 Å². The quantitative estimate of drug-likeness (QED) is 0.827. The summed E-state index contributed by atoms with van der Waals surface area (Å²) in [5.41, 5.74) is -1.79. The SMILES string of the molecule is O=C(Cn1c(=O)c(F)cn([C@@H]2CCCO2)c1=O)NC1CCCCCC1. The van der Waals surface area contributed by atoms with Gasteiger partial charge in [-0.3, -0.25) is 14.2 Å². The lowest BCUT2D eigenvalue weighted by Crippen LogP contribution is -2.47. The van der Waals surface area contributed by atoms with Crippen LogP contribution in [0.3, 0.4) is 0 Å². The second-order valence-corrected chi connectivity index (χ2v) is 6.78. The molecule has 25 heavy (non-hydrogen) atoms. The van der Waals surface area contributed by atoms with Gasteiger partial charge in [0.1, 0.15) is 12.8 Å². The lowest BCUT2D eigenvalue weighted by atomic mass is 10.1. The zero-order valence-electron chi connectivity index (χ0n) is 14.2. The van der Waals surface area contributed by atoms with Crippen molar-refractivity contribution in [1.29, 1.82) is 0 Å². The molecule has 1 atom stereocenters. The first-order valence-corrected chi connectivity index (χ1v) is 8.98. The van der Waals surface area contributed by atoms with Gasteiger partial charge in [0.2, 0.25) is 11.7 Å². The molecule has 1 N–H and O–H groups in total. The third-order valence-electron chi connectivity index (χ3n) is 4.89. The minimum atomic E-state index is -1.07. The molecular weight excluding hydrogens is 329 g/mol. The summed E-state index contributed by atoms with van der Waals surface area (Å²) in [5, 5.41) is 2.87. The number of aromatic nitrogens is 2. The van der Waals surface area contributed by atoms with Crippen LogP contribution in [-0.4, -0.2) is 27.7 Å². The first-order chi connectivity index (χ1) is 12.1. The lowest BCUT2D eigenvalue weighted by Gasteiger charge is -2.18. The fraction of sp³-hybridized carbons (Fsp3) is 0.706. The van der Waals surface area contributed by atoms with Crippen molar-refractivity contribution in [3.05, 3.63) is 32.9 Å². The van der Waals surface area contributed by atoms with Gasteiger partial charge < -0.3 is 10.1 Å². The zero-order chi connectivity index (χ0) is 17.8. The number of carbonyl (C=O) groups excluding carboxylic acids is 1. The number of rotatable bonds is 4. The molecule has 0 spiro atoms. The van der Waals surface area contributed by atoms with Crippen LogP contribution in [0.5, 0.6) is 0 Å². The summed E-state index contributed by atoms with van der Waals surface area (Å²) < 4.78 is 21.1. The largest absolute Gasteiger partial charge is 0.358 e. The summed E-state index contributed by atoms with van der Waals surface area (Å²) in [6.07, 6.45) is 7.83. The molecule has 0 radical (unpaired) electrons. The van der Waals surface area contributed by atoms with Crippen LogP contribution in [0.1, 0.15) is 57.6 Å². The van der Waals surface area contributed by atoms with Gasteiger partial charge in [-0.25, -0.2) is 9.36 Å². The third-order valence-corrected chi connectivity index (χ3v) is 4.89. The predicted molar refractivity (Wildman–Crippen MR) is 88.8 cm³/mol. The van der Waals surface area contributed by atoms with Crippen molar-refractivity contribution in [2.45, 2.75) is 70.2 Å².